The van der Waals surface area contributed by atoms with Gasteiger partial charge in [0.25, 0.3) is 0 Å². The minimum absolute atomic E-state index is 0.126. The van der Waals surface area contributed by atoms with Gasteiger partial charge in [-0.25, -0.2) is 17.7 Å². The summed E-state index contributed by atoms with van der Waals surface area (Å²) in [6.07, 6.45) is 3.56. The monoisotopic (exact) mass is 444 g/mol. The minimum atomic E-state index is -3.57. The molecule has 1 heterocycles. The topological polar surface area (TPSA) is 84.3 Å². The molecule has 1 aromatic heterocycles. The van der Waals surface area contributed by atoms with E-state index in [9.17, 15) is 13.2 Å². The first-order valence-electron chi connectivity index (χ1n) is 9.29. The summed E-state index contributed by atoms with van der Waals surface area (Å²) in [5, 5.41) is 3.06. The average molecular weight is 445 g/mol. The van der Waals surface area contributed by atoms with Crippen LogP contribution in [0.1, 0.15) is 12.5 Å². The number of hydrogen-bond acceptors (Lipinski definition) is 5. The van der Waals surface area contributed by atoms with Crippen LogP contribution >= 0.6 is 11.8 Å². The van der Waals surface area contributed by atoms with E-state index >= 15 is 0 Å². The largest absolute Gasteiger partial charge is 0.325 e. The van der Waals surface area contributed by atoms with Crippen LogP contribution in [0.2, 0.25) is 0 Å². The van der Waals surface area contributed by atoms with Gasteiger partial charge < -0.3 is 5.32 Å². The first-order chi connectivity index (χ1) is 14.2. The van der Waals surface area contributed by atoms with Crippen molar-refractivity contribution in [3.8, 4) is 5.69 Å². The Labute approximate surface area is 181 Å². The molecule has 1 atom stereocenters. The van der Waals surface area contributed by atoms with Crippen LogP contribution in [-0.4, -0.2) is 47.5 Å². The molecule has 9 heteroatoms. The maximum Gasteiger partial charge on any atom is 0.242 e. The number of hydrogen-bond donors (Lipinski definition) is 1. The van der Waals surface area contributed by atoms with Crippen molar-refractivity contribution in [2.45, 2.75) is 29.1 Å². The molecule has 2 aromatic carbocycles. The van der Waals surface area contributed by atoms with E-state index in [-0.39, 0.29) is 10.8 Å². The van der Waals surface area contributed by atoms with Gasteiger partial charge in [0.15, 0.2) is 5.16 Å². The van der Waals surface area contributed by atoms with Gasteiger partial charge in [0.2, 0.25) is 15.9 Å². The fourth-order valence-electron chi connectivity index (χ4n) is 2.75. The van der Waals surface area contributed by atoms with Crippen molar-refractivity contribution in [2.75, 3.05) is 19.4 Å². The molecule has 0 aliphatic rings. The van der Waals surface area contributed by atoms with Crippen molar-refractivity contribution in [3.05, 3.63) is 66.5 Å². The van der Waals surface area contributed by atoms with Gasteiger partial charge in [-0.1, -0.05) is 30.0 Å². The molecule has 0 radical (unpaired) electrons. The van der Waals surface area contributed by atoms with E-state index in [1.807, 2.05) is 42.0 Å². The Morgan fingerprint density at radius 3 is 2.60 bits per heavy atom. The number of nitrogens with one attached hydrogen (secondary N) is 1. The highest BCUT2D eigenvalue weighted by Gasteiger charge is 2.20. The van der Waals surface area contributed by atoms with E-state index in [2.05, 4.69) is 10.3 Å². The summed E-state index contributed by atoms with van der Waals surface area (Å²) in [6.45, 7) is 3.81. The second kappa shape index (κ2) is 9.03. The van der Waals surface area contributed by atoms with Crippen LogP contribution in [0, 0.1) is 6.92 Å². The Morgan fingerprint density at radius 2 is 1.90 bits per heavy atom. The summed E-state index contributed by atoms with van der Waals surface area (Å²) < 4.78 is 27.7. The quantitative estimate of drug-likeness (QED) is 0.564. The van der Waals surface area contributed by atoms with Crippen LogP contribution in [0.5, 0.6) is 0 Å². The number of aromatic nitrogens is 2. The number of imidazole rings is 1. The molecule has 0 spiro atoms. The van der Waals surface area contributed by atoms with E-state index in [0.29, 0.717) is 10.8 Å². The van der Waals surface area contributed by atoms with Crippen molar-refractivity contribution in [1.82, 2.24) is 13.9 Å². The number of sulfonamides is 1. The van der Waals surface area contributed by atoms with Crippen molar-refractivity contribution < 1.29 is 13.2 Å². The van der Waals surface area contributed by atoms with Crippen LogP contribution in [-0.2, 0) is 14.8 Å². The predicted molar refractivity (Wildman–Crippen MR) is 120 cm³/mol. The number of aryl methyl sites for hydroxylation is 1. The number of carbonyl (C=O) groups excluding carboxylic acids is 1. The number of rotatable bonds is 7. The lowest BCUT2D eigenvalue weighted by Crippen LogP contribution is -2.24. The lowest BCUT2D eigenvalue weighted by molar-refractivity contribution is -0.115. The molecule has 0 unspecified atom stereocenters. The van der Waals surface area contributed by atoms with Crippen molar-refractivity contribution in [2.24, 2.45) is 0 Å². The molecule has 0 aliphatic carbocycles. The van der Waals surface area contributed by atoms with Gasteiger partial charge in [-0.05, 0) is 49.7 Å². The van der Waals surface area contributed by atoms with E-state index in [1.54, 1.807) is 25.3 Å². The smallest absolute Gasteiger partial charge is 0.242 e. The van der Waals surface area contributed by atoms with Crippen LogP contribution < -0.4 is 5.32 Å². The lowest BCUT2D eigenvalue weighted by atomic mass is 10.2. The number of thioether (sulfide) groups is 1. The van der Waals surface area contributed by atoms with E-state index < -0.39 is 15.3 Å². The molecule has 30 heavy (non-hydrogen) atoms. The molecule has 0 saturated heterocycles. The zero-order valence-corrected chi connectivity index (χ0v) is 18.9. The van der Waals surface area contributed by atoms with Crippen molar-refractivity contribution in [1.29, 1.82) is 0 Å². The third-order valence-electron chi connectivity index (χ3n) is 4.42. The first-order valence-corrected chi connectivity index (χ1v) is 11.6. The number of carbonyl (C=O) groups is 1. The molecule has 1 amide bonds. The fraction of sp³-hybridized carbons (Fsp3) is 0.238. The Kier molecular flexibility index (Phi) is 6.64. The summed E-state index contributed by atoms with van der Waals surface area (Å²) in [5.41, 5.74) is 2.54. The van der Waals surface area contributed by atoms with Gasteiger partial charge in [-0.2, -0.15) is 0 Å². The highest BCUT2D eigenvalue weighted by atomic mass is 32.2. The first kappa shape index (κ1) is 22.1. The van der Waals surface area contributed by atoms with Gasteiger partial charge in [0.1, 0.15) is 0 Å². The lowest BCUT2D eigenvalue weighted by Gasteiger charge is -2.15. The summed E-state index contributed by atoms with van der Waals surface area (Å²) in [5.74, 6) is -0.238. The molecule has 3 aromatic rings. The van der Waals surface area contributed by atoms with E-state index in [0.717, 1.165) is 15.6 Å². The van der Waals surface area contributed by atoms with Crippen LogP contribution in [0.15, 0.2) is 71.0 Å². The molecule has 0 bridgehead atoms. The predicted octanol–water partition coefficient (Wildman–Crippen LogP) is 3.55. The standard InChI is InChI=1S/C21H24N4O3S2/c1-15-7-5-9-18(13-15)25-12-11-22-21(25)29-16(2)20(26)23-17-8-6-10-19(14-17)30(27,28)24(3)4/h5-14,16H,1-4H3,(H,23,26)/t16-/m0/s1. The highest BCUT2D eigenvalue weighted by Crippen LogP contribution is 2.26. The maximum atomic E-state index is 12.7. The zero-order chi connectivity index (χ0) is 21.9. The molecule has 0 aliphatic heterocycles. The molecule has 1 N–H and O–H groups in total. The minimum Gasteiger partial charge on any atom is -0.325 e. The van der Waals surface area contributed by atoms with Crippen LogP contribution in [0.4, 0.5) is 5.69 Å². The summed E-state index contributed by atoms with van der Waals surface area (Å²) in [4.78, 5) is 17.2. The maximum absolute atomic E-state index is 12.7. The number of anilines is 1. The third kappa shape index (κ3) is 4.92. The van der Waals surface area contributed by atoms with Crippen LogP contribution in [0.25, 0.3) is 5.69 Å². The Balaban J connectivity index is 1.74. The van der Waals surface area contributed by atoms with Gasteiger partial charge in [-0.15, -0.1) is 0 Å². The number of amides is 1. The zero-order valence-electron chi connectivity index (χ0n) is 17.2. The molecule has 3 rings (SSSR count). The molecule has 0 saturated carbocycles. The fourth-order valence-corrected chi connectivity index (χ4v) is 4.58. The van der Waals surface area contributed by atoms with E-state index in [1.165, 1.54) is 38.0 Å². The third-order valence-corrected chi connectivity index (χ3v) is 7.31. The van der Waals surface area contributed by atoms with Crippen LogP contribution in [0.3, 0.4) is 0 Å². The number of benzene rings is 2. The Hall–Kier alpha value is -2.62. The molecular formula is C21H24N4O3S2. The number of nitrogens with zero attached hydrogens (tertiary/aromatic N) is 3. The Morgan fingerprint density at radius 1 is 1.17 bits per heavy atom. The molecular weight excluding hydrogens is 420 g/mol. The van der Waals surface area contributed by atoms with Gasteiger partial charge in [0.05, 0.1) is 10.1 Å². The van der Waals surface area contributed by atoms with Gasteiger partial charge in [-0.3, -0.25) is 9.36 Å². The summed E-state index contributed by atoms with van der Waals surface area (Å²) >= 11 is 1.33. The highest BCUT2D eigenvalue weighted by molar-refractivity contribution is 8.00. The Bertz CT molecular complexity index is 1160. The summed E-state index contributed by atoms with van der Waals surface area (Å²) in [6, 6.07) is 14.3. The van der Waals surface area contributed by atoms with Gasteiger partial charge >= 0.3 is 0 Å². The second-order valence-electron chi connectivity index (χ2n) is 6.98. The summed E-state index contributed by atoms with van der Waals surface area (Å²) in [7, 11) is -0.637. The molecule has 158 valence electrons. The average Bonchev–Trinajstić information content (AvgIpc) is 3.16. The van der Waals surface area contributed by atoms with Crippen molar-refractivity contribution >= 4 is 33.4 Å². The molecule has 0 fully saturated rings. The SMILES string of the molecule is Cc1cccc(-n2ccnc2S[C@@H](C)C(=O)Nc2cccc(S(=O)(=O)N(C)C)c2)c1. The molecule has 7 nitrogen and oxygen atoms in total. The second-order valence-corrected chi connectivity index (χ2v) is 10.4. The van der Waals surface area contributed by atoms with Crippen molar-refractivity contribution in [3.63, 3.8) is 0 Å². The normalized spacial score (nSPS) is 12.7. The van der Waals surface area contributed by atoms with E-state index in [4.69, 9.17) is 0 Å². The van der Waals surface area contributed by atoms with Gasteiger partial charge in [0, 0.05) is 37.9 Å².